The van der Waals surface area contributed by atoms with Crippen LogP contribution >= 0.6 is 7.26 Å². The van der Waals surface area contributed by atoms with Gasteiger partial charge in [-0.05, 0) is 58.2 Å². The number of benzene rings is 5. The molecule has 0 saturated heterocycles. The van der Waals surface area contributed by atoms with E-state index in [1.54, 1.807) is 0 Å². The van der Waals surface area contributed by atoms with E-state index in [-0.39, 0.29) is 29.0 Å². The first-order valence-corrected chi connectivity index (χ1v) is 19.1. The molecule has 43 heavy (non-hydrogen) atoms. The number of rotatable bonds is 11. The van der Waals surface area contributed by atoms with Gasteiger partial charge < -0.3 is 28.4 Å². The standard InChI is InChI=1S/C39H44OPSi.HI/c1-5-33(31-40-42(39(2,3)4,37-27-17-9-18-28-37)38-29-19-10-20-30-38)32-41(34-21-11-6-12-22-34,35-23-13-7-14-24-35)36-25-15-8-16-26-36;/h6-30,33H,5,31-32H2,1-4H3;1H/q+1;/p-1/t33-;/m0./s1. The normalized spacial score (nSPS) is 12.7. The van der Waals surface area contributed by atoms with Crippen LogP contribution < -0.4 is 50.3 Å². The monoisotopic (exact) mass is 714 g/mol. The maximum Gasteiger partial charge on any atom is 0.261 e. The highest BCUT2D eigenvalue weighted by molar-refractivity contribution is 7.95. The lowest BCUT2D eigenvalue weighted by Crippen LogP contribution is -3.00. The van der Waals surface area contributed by atoms with Gasteiger partial charge in [0.1, 0.15) is 23.2 Å². The summed E-state index contributed by atoms with van der Waals surface area (Å²) in [6.07, 6.45) is 2.13. The summed E-state index contributed by atoms with van der Waals surface area (Å²) in [5, 5.41) is 6.95. The second kappa shape index (κ2) is 14.9. The van der Waals surface area contributed by atoms with Crippen molar-refractivity contribution in [2.45, 2.75) is 39.2 Å². The average Bonchev–Trinajstić information content (AvgIpc) is 3.04. The predicted octanol–water partition coefficient (Wildman–Crippen LogP) is 4.59. The Bertz CT molecular complexity index is 1370. The molecule has 1 nitrogen and oxygen atoms in total. The van der Waals surface area contributed by atoms with E-state index in [1.165, 1.54) is 26.3 Å². The zero-order valence-corrected chi connectivity index (χ0v) is 29.9. The molecule has 5 aromatic carbocycles. The molecule has 0 heterocycles. The van der Waals surface area contributed by atoms with E-state index >= 15 is 0 Å². The number of halogens is 1. The lowest BCUT2D eigenvalue weighted by Gasteiger charge is -2.44. The summed E-state index contributed by atoms with van der Waals surface area (Å²) in [4.78, 5) is 0. The van der Waals surface area contributed by atoms with Crippen molar-refractivity contribution < 1.29 is 28.4 Å². The van der Waals surface area contributed by atoms with Crippen LogP contribution in [0.25, 0.3) is 0 Å². The maximum atomic E-state index is 7.53. The number of hydrogen-bond donors (Lipinski definition) is 0. The van der Waals surface area contributed by atoms with Crippen molar-refractivity contribution in [3.63, 3.8) is 0 Å². The third-order valence-corrected chi connectivity index (χ3v) is 18.3. The summed E-state index contributed by atoms with van der Waals surface area (Å²) in [6.45, 7) is 10.2. The topological polar surface area (TPSA) is 9.23 Å². The predicted molar refractivity (Wildman–Crippen MR) is 187 cm³/mol. The first-order valence-electron chi connectivity index (χ1n) is 15.2. The minimum absolute atomic E-state index is 0. The summed E-state index contributed by atoms with van der Waals surface area (Å²) in [6, 6.07) is 55.8. The number of hydrogen-bond acceptors (Lipinski definition) is 1. The van der Waals surface area contributed by atoms with Crippen LogP contribution in [0.2, 0.25) is 5.04 Å². The fraction of sp³-hybridized carbons (Fsp3) is 0.231. The van der Waals surface area contributed by atoms with Crippen molar-refractivity contribution in [3.05, 3.63) is 152 Å². The average molecular weight is 715 g/mol. The zero-order valence-electron chi connectivity index (χ0n) is 25.9. The molecule has 1 atom stereocenters. The largest absolute Gasteiger partial charge is 1.00 e. The highest BCUT2D eigenvalue weighted by Crippen LogP contribution is 2.57. The van der Waals surface area contributed by atoms with Crippen molar-refractivity contribution in [3.8, 4) is 0 Å². The highest BCUT2D eigenvalue weighted by atomic mass is 127. The van der Waals surface area contributed by atoms with E-state index in [1.807, 2.05) is 0 Å². The van der Waals surface area contributed by atoms with Gasteiger partial charge in [0.05, 0.1) is 6.16 Å². The van der Waals surface area contributed by atoms with E-state index < -0.39 is 15.6 Å². The van der Waals surface area contributed by atoms with Gasteiger partial charge in [0, 0.05) is 12.5 Å². The van der Waals surface area contributed by atoms with Gasteiger partial charge in [-0.25, -0.2) is 0 Å². The molecule has 0 bridgehead atoms. The molecule has 4 heteroatoms. The Balaban J connectivity index is 0.00000423. The molecule has 0 aromatic heterocycles. The van der Waals surface area contributed by atoms with Gasteiger partial charge in [-0.15, -0.1) is 0 Å². The summed E-state index contributed by atoms with van der Waals surface area (Å²) in [7, 11) is -4.59. The van der Waals surface area contributed by atoms with Gasteiger partial charge in [0.25, 0.3) is 8.32 Å². The third kappa shape index (κ3) is 6.91. The fourth-order valence-corrected chi connectivity index (χ4v) is 15.9. The minimum atomic E-state index is -2.63. The molecule has 222 valence electrons. The van der Waals surface area contributed by atoms with Gasteiger partial charge in [-0.3, -0.25) is 0 Å². The molecule has 0 aliphatic carbocycles. The van der Waals surface area contributed by atoms with Crippen molar-refractivity contribution in [1.29, 1.82) is 0 Å². The van der Waals surface area contributed by atoms with Crippen LogP contribution in [0.15, 0.2) is 152 Å². The third-order valence-electron chi connectivity index (χ3n) is 8.65. The summed E-state index contributed by atoms with van der Waals surface area (Å²) in [5.41, 5.74) is 0. The molecule has 5 rings (SSSR count). The Morgan fingerprint density at radius 1 is 0.558 bits per heavy atom. The Labute approximate surface area is 278 Å². The van der Waals surface area contributed by atoms with Gasteiger partial charge in [0.2, 0.25) is 0 Å². The minimum Gasteiger partial charge on any atom is -1.00 e. The van der Waals surface area contributed by atoms with Gasteiger partial charge in [0.15, 0.2) is 0 Å². The zero-order chi connectivity index (χ0) is 29.5. The highest BCUT2D eigenvalue weighted by Gasteiger charge is 2.52. The molecule has 0 aliphatic rings. The van der Waals surface area contributed by atoms with Gasteiger partial charge >= 0.3 is 0 Å². The summed E-state index contributed by atoms with van der Waals surface area (Å²) >= 11 is 0. The van der Waals surface area contributed by atoms with E-state index in [2.05, 4.69) is 179 Å². The molecule has 0 unspecified atom stereocenters. The SMILES string of the molecule is CC[C@@H](CO[Si](c1ccccc1)(c1ccccc1)C(C)(C)C)C[P+](c1ccccc1)(c1ccccc1)c1ccccc1.[I-]. The van der Waals surface area contributed by atoms with Crippen LogP contribution in [0.5, 0.6) is 0 Å². The molecule has 0 aliphatic heterocycles. The Morgan fingerprint density at radius 3 is 1.19 bits per heavy atom. The van der Waals surface area contributed by atoms with E-state index in [0.717, 1.165) is 19.2 Å². The molecule has 0 fully saturated rings. The van der Waals surface area contributed by atoms with Crippen molar-refractivity contribution in [2.24, 2.45) is 5.92 Å². The molecule has 0 N–H and O–H groups in total. The Morgan fingerprint density at radius 2 is 0.884 bits per heavy atom. The maximum absolute atomic E-state index is 7.53. The second-order valence-corrected chi connectivity index (χ2v) is 20.1. The lowest BCUT2D eigenvalue weighted by atomic mass is 10.1. The molecule has 0 spiro atoms. The van der Waals surface area contributed by atoms with Crippen LogP contribution in [0.3, 0.4) is 0 Å². The quantitative estimate of drug-likeness (QED) is 0.111. The van der Waals surface area contributed by atoms with Crippen molar-refractivity contribution >= 4 is 41.9 Å². The van der Waals surface area contributed by atoms with Gasteiger partial charge in [-0.1, -0.05) is 143 Å². The molecule has 5 aromatic rings. The molecular weight excluding hydrogens is 670 g/mol. The van der Waals surface area contributed by atoms with Gasteiger partial charge in [-0.2, -0.15) is 0 Å². The Kier molecular flexibility index (Phi) is 11.6. The molecular formula is C39H44IOPSi. The van der Waals surface area contributed by atoms with Crippen molar-refractivity contribution in [2.75, 3.05) is 12.8 Å². The fourth-order valence-electron chi connectivity index (χ4n) is 6.50. The smallest absolute Gasteiger partial charge is 0.261 e. The van der Waals surface area contributed by atoms with Crippen molar-refractivity contribution in [1.82, 2.24) is 0 Å². The first-order chi connectivity index (χ1) is 20.4. The van der Waals surface area contributed by atoms with Crippen LogP contribution in [0.4, 0.5) is 0 Å². The molecule has 0 radical (unpaired) electrons. The summed E-state index contributed by atoms with van der Waals surface area (Å²) in [5.74, 6) is 0.389. The van der Waals surface area contributed by atoms with E-state index in [0.29, 0.717) is 5.92 Å². The van der Waals surface area contributed by atoms with E-state index in [4.69, 9.17) is 4.43 Å². The lowest BCUT2D eigenvalue weighted by molar-refractivity contribution is -0.00000904. The molecule has 0 amide bonds. The van der Waals surface area contributed by atoms with Crippen LogP contribution in [0, 0.1) is 5.92 Å². The summed E-state index contributed by atoms with van der Waals surface area (Å²) < 4.78 is 7.53. The van der Waals surface area contributed by atoms with Crippen LogP contribution in [-0.2, 0) is 4.43 Å². The Hall–Kier alpha value is -2.56. The first kappa shape index (κ1) is 33.3. The molecule has 0 saturated carbocycles. The second-order valence-electron chi connectivity index (χ2n) is 12.2. The van der Waals surface area contributed by atoms with Crippen LogP contribution in [-0.4, -0.2) is 21.1 Å². The van der Waals surface area contributed by atoms with Crippen LogP contribution in [0.1, 0.15) is 34.1 Å². The van der Waals surface area contributed by atoms with E-state index in [9.17, 15) is 0 Å².